The number of alkyl halides is 3. The summed E-state index contributed by atoms with van der Waals surface area (Å²) < 4.78 is 38.5. The first-order valence-electron chi connectivity index (χ1n) is 8.85. The Morgan fingerprint density at radius 1 is 0.926 bits per heavy atom. The van der Waals surface area contributed by atoms with E-state index in [1.54, 1.807) is 0 Å². The molecule has 0 atom stereocenters. The lowest BCUT2D eigenvalue weighted by Gasteiger charge is -2.09. The van der Waals surface area contributed by atoms with Crippen molar-refractivity contribution in [1.29, 1.82) is 0 Å². The van der Waals surface area contributed by atoms with Crippen LogP contribution in [0.3, 0.4) is 0 Å². The van der Waals surface area contributed by atoms with Gasteiger partial charge < -0.3 is 0 Å². The number of halogens is 3. The first-order valence-corrected chi connectivity index (χ1v) is 12.4. The third kappa shape index (κ3) is 6.41. The first-order chi connectivity index (χ1) is 12.5. The summed E-state index contributed by atoms with van der Waals surface area (Å²) in [5.41, 5.74) is 5.59. The highest BCUT2D eigenvalue weighted by atomic mass is 28.3. The number of nitrogens with zero attached hydrogens (tertiary/aromatic N) is 1. The van der Waals surface area contributed by atoms with Crippen LogP contribution >= 0.6 is 0 Å². The summed E-state index contributed by atoms with van der Waals surface area (Å²) in [6, 6.07) is 12.9. The quantitative estimate of drug-likeness (QED) is 0.311. The van der Waals surface area contributed by atoms with Gasteiger partial charge in [0, 0.05) is 5.56 Å². The smallest absolute Gasteiger partial charge is 0.239 e. The van der Waals surface area contributed by atoms with E-state index in [1.165, 1.54) is 17.7 Å². The molecule has 0 unspecified atom stereocenters. The average molecular weight is 388 g/mol. The van der Waals surface area contributed by atoms with Gasteiger partial charge in [0.2, 0.25) is 0 Å². The van der Waals surface area contributed by atoms with Crippen LogP contribution in [0.4, 0.5) is 18.9 Å². The third-order valence-corrected chi connectivity index (χ3v) is 4.72. The van der Waals surface area contributed by atoms with Crippen molar-refractivity contribution in [2.45, 2.75) is 45.6 Å². The van der Waals surface area contributed by atoms with Crippen molar-refractivity contribution in [3.05, 3.63) is 65.2 Å². The van der Waals surface area contributed by atoms with Gasteiger partial charge >= 0.3 is 6.18 Å². The fourth-order valence-corrected chi connectivity index (χ4v) is 2.78. The zero-order chi connectivity index (χ0) is 20.2. The number of hydrogen-bond acceptors (Lipinski definition) is 1. The second kappa shape index (κ2) is 8.14. The van der Waals surface area contributed by atoms with Crippen LogP contribution in [0.25, 0.3) is 0 Å². The highest BCUT2D eigenvalue weighted by Crippen LogP contribution is 2.29. The lowest BCUT2D eigenvalue weighted by Crippen LogP contribution is -2.17. The highest BCUT2D eigenvalue weighted by molar-refractivity contribution is 6.84. The third-order valence-electron chi connectivity index (χ3n) is 3.84. The van der Waals surface area contributed by atoms with Crippen molar-refractivity contribution < 1.29 is 13.2 Å². The molecule has 2 rings (SSSR count). The lowest BCUT2D eigenvalue weighted by atomic mass is 10.0. The molecule has 27 heavy (non-hydrogen) atoms. The molecule has 0 N–H and O–H groups in total. The van der Waals surface area contributed by atoms with Crippen molar-refractivity contribution in [2.24, 2.45) is 4.99 Å². The molecule has 2 aromatic carbocycles. The second-order valence-corrected chi connectivity index (χ2v) is 12.5. The Kier molecular flexibility index (Phi) is 6.33. The van der Waals surface area contributed by atoms with Gasteiger partial charge in [-0.1, -0.05) is 63.7 Å². The summed E-state index contributed by atoms with van der Waals surface area (Å²) in [6.07, 6.45) is -4.35. The molecule has 0 heterocycles. The molecule has 0 amide bonds. The molecular weight excluding hydrogens is 363 g/mol. The molecule has 0 saturated heterocycles. The van der Waals surface area contributed by atoms with Crippen molar-refractivity contribution >= 4 is 19.5 Å². The van der Waals surface area contributed by atoms with Gasteiger partial charge in [-0.25, -0.2) is 4.99 Å². The van der Waals surface area contributed by atoms with Gasteiger partial charge in [0.15, 0.2) is 0 Å². The molecule has 0 aromatic heterocycles. The van der Waals surface area contributed by atoms with Crippen molar-refractivity contribution in [3.63, 3.8) is 0 Å². The summed E-state index contributed by atoms with van der Waals surface area (Å²) >= 11 is 0. The SMILES string of the molecule is CC(C)c1ccc(N=C(C#C[Si](C)(C)C)c2ccc(C(F)(F)F)cc2)cc1. The fourth-order valence-electron chi connectivity index (χ4n) is 2.29. The van der Waals surface area contributed by atoms with Gasteiger partial charge in [0.25, 0.3) is 0 Å². The minimum Gasteiger partial charge on any atom is -0.239 e. The maximum Gasteiger partial charge on any atom is 0.416 e. The summed E-state index contributed by atoms with van der Waals surface area (Å²) in [7, 11) is -1.66. The first kappa shape index (κ1) is 21.0. The van der Waals surface area contributed by atoms with Crippen LogP contribution < -0.4 is 0 Å². The monoisotopic (exact) mass is 387 g/mol. The molecule has 0 aliphatic heterocycles. The highest BCUT2D eigenvalue weighted by Gasteiger charge is 2.30. The summed E-state index contributed by atoms with van der Waals surface area (Å²) in [4.78, 5) is 4.61. The van der Waals surface area contributed by atoms with Gasteiger partial charge in [-0.2, -0.15) is 13.2 Å². The van der Waals surface area contributed by atoms with Gasteiger partial charge in [-0.15, -0.1) is 5.54 Å². The van der Waals surface area contributed by atoms with E-state index in [0.29, 0.717) is 17.2 Å². The molecule has 0 aliphatic rings. The molecule has 0 aliphatic carbocycles. The Labute approximate surface area is 160 Å². The maximum absolute atomic E-state index is 12.8. The Balaban J connectivity index is 2.46. The zero-order valence-corrected chi connectivity index (χ0v) is 17.3. The lowest BCUT2D eigenvalue weighted by molar-refractivity contribution is -0.137. The summed E-state index contributed by atoms with van der Waals surface area (Å²) in [6.45, 7) is 10.6. The van der Waals surface area contributed by atoms with Crippen LogP contribution in [0.1, 0.15) is 36.5 Å². The van der Waals surface area contributed by atoms with Gasteiger partial charge in [0.05, 0.1) is 11.3 Å². The van der Waals surface area contributed by atoms with E-state index in [9.17, 15) is 13.2 Å². The van der Waals surface area contributed by atoms with Crippen molar-refractivity contribution in [2.75, 3.05) is 0 Å². The minimum absolute atomic E-state index is 0.420. The van der Waals surface area contributed by atoms with Crippen LogP contribution in [-0.4, -0.2) is 13.8 Å². The fraction of sp³-hybridized carbons (Fsp3) is 0.318. The molecule has 5 heteroatoms. The van der Waals surface area contributed by atoms with E-state index >= 15 is 0 Å². The molecule has 0 radical (unpaired) electrons. The summed E-state index contributed by atoms with van der Waals surface area (Å²) in [5.74, 6) is 3.52. The number of hydrogen-bond donors (Lipinski definition) is 0. The van der Waals surface area contributed by atoms with E-state index in [-0.39, 0.29) is 0 Å². The minimum atomic E-state index is -4.35. The van der Waals surface area contributed by atoms with Crippen molar-refractivity contribution in [3.8, 4) is 11.5 Å². The van der Waals surface area contributed by atoms with E-state index < -0.39 is 19.8 Å². The Bertz CT molecular complexity index is 859. The molecule has 142 valence electrons. The Hall–Kier alpha value is -2.32. The van der Waals surface area contributed by atoms with E-state index in [1.807, 2.05) is 24.3 Å². The summed E-state index contributed by atoms with van der Waals surface area (Å²) in [5, 5.41) is 0. The molecule has 0 bridgehead atoms. The van der Waals surface area contributed by atoms with Gasteiger partial charge in [-0.05, 0) is 35.7 Å². The van der Waals surface area contributed by atoms with E-state index in [2.05, 4.69) is 49.9 Å². The van der Waals surface area contributed by atoms with Crippen LogP contribution in [0, 0.1) is 11.5 Å². The predicted octanol–water partition coefficient (Wildman–Crippen LogP) is 6.83. The Morgan fingerprint density at radius 3 is 1.93 bits per heavy atom. The van der Waals surface area contributed by atoms with Crippen LogP contribution in [-0.2, 0) is 6.18 Å². The molecule has 0 fully saturated rings. The van der Waals surface area contributed by atoms with E-state index in [0.717, 1.165) is 17.8 Å². The normalized spacial score (nSPS) is 12.7. The van der Waals surface area contributed by atoms with Crippen LogP contribution in [0.2, 0.25) is 19.6 Å². The zero-order valence-electron chi connectivity index (χ0n) is 16.3. The molecular formula is C22H24F3NSi. The van der Waals surface area contributed by atoms with Crippen molar-refractivity contribution in [1.82, 2.24) is 0 Å². The standard InChI is InChI=1S/C22H24F3NSi/c1-16(2)17-8-12-20(13-9-17)26-21(14-15-27(3,4)5)18-6-10-19(11-7-18)22(23,24)25/h6-13,16H,1-5H3. The largest absolute Gasteiger partial charge is 0.416 e. The van der Waals surface area contributed by atoms with Gasteiger partial charge in [-0.3, -0.25) is 0 Å². The second-order valence-electron chi connectivity index (χ2n) is 7.78. The van der Waals surface area contributed by atoms with Crippen LogP contribution in [0.5, 0.6) is 0 Å². The number of benzene rings is 2. The number of rotatable bonds is 3. The van der Waals surface area contributed by atoms with Gasteiger partial charge in [0.1, 0.15) is 13.8 Å². The predicted molar refractivity (Wildman–Crippen MR) is 109 cm³/mol. The topological polar surface area (TPSA) is 12.4 Å². The molecule has 0 spiro atoms. The number of aliphatic imine (C=N–C) groups is 1. The molecule has 0 saturated carbocycles. The molecule has 2 aromatic rings. The van der Waals surface area contributed by atoms with E-state index in [4.69, 9.17) is 0 Å². The Morgan fingerprint density at radius 2 is 1.48 bits per heavy atom. The maximum atomic E-state index is 12.8. The van der Waals surface area contributed by atoms with Crippen LogP contribution in [0.15, 0.2) is 53.5 Å². The molecule has 1 nitrogen and oxygen atoms in total. The average Bonchev–Trinajstić information content (AvgIpc) is 2.57.